The van der Waals surface area contributed by atoms with Gasteiger partial charge in [-0.15, -0.1) is 0 Å². The van der Waals surface area contributed by atoms with Crippen molar-refractivity contribution in [2.24, 2.45) is 5.92 Å². The predicted octanol–water partition coefficient (Wildman–Crippen LogP) is 1.78. The van der Waals surface area contributed by atoms with Crippen LogP contribution in [0.25, 0.3) is 0 Å². The summed E-state index contributed by atoms with van der Waals surface area (Å²) in [4.78, 5) is 0. The Labute approximate surface area is 115 Å². The normalized spacial score (nSPS) is 23.2. The van der Waals surface area contributed by atoms with Gasteiger partial charge in [-0.25, -0.2) is 8.42 Å². The van der Waals surface area contributed by atoms with Crippen molar-refractivity contribution in [1.29, 1.82) is 0 Å². The lowest BCUT2D eigenvalue weighted by molar-refractivity contribution is 0.397. The topological polar surface area (TPSA) is 55.4 Å². The van der Waals surface area contributed by atoms with Gasteiger partial charge in [0.25, 0.3) is 0 Å². The SMILES string of the molecule is COc1ccccc1C(C)NCC1CCS(=O)(=O)C1. The first-order valence-corrected chi connectivity index (χ1v) is 8.40. The molecule has 19 heavy (non-hydrogen) atoms. The van der Waals surface area contributed by atoms with Gasteiger partial charge in [-0.2, -0.15) is 0 Å². The van der Waals surface area contributed by atoms with Crippen LogP contribution in [0.4, 0.5) is 0 Å². The molecule has 2 atom stereocenters. The lowest BCUT2D eigenvalue weighted by Crippen LogP contribution is -2.26. The zero-order valence-corrected chi connectivity index (χ0v) is 12.2. The van der Waals surface area contributed by atoms with Crippen LogP contribution >= 0.6 is 0 Å². The second kappa shape index (κ2) is 5.92. The molecule has 1 aromatic rings. The van der Waals surface area contributed by atoms with Crippen LogP contribution < -0.4 is 10.1 Å². The van der Waals surface area contributed by atoms with E-state index >= 15 is 0 Å². The van der Waals surface area contributed by atoms with Crippen LogP contribution in [0, 0.1) is 5.92 Å². The van der Waals surface area contributed by atoms with E-state index in [0.29, 0.717) is 11.5 Å². The minimum Gasteiger partial charge on any atom is -0.496 e. The highest BCUT2D eigenvalue weighted by Gasteiger charge is 2.27. The van der Waals surface area contributed by atoms with E-state index in [1.54, 1.807) is 7.11 Å². The number of benzene rings is 1. The summed E-state index contributed by atoms with van der Waals surface area (Å²) in [5.74, 6) is 1.75. The van der Waals surface area contributed by atoms with Crippen LogP contribution in [0.3, 0.4) is 0 Å². The van der Waals surface area contributed by atoms with Crippen LogP contribution in [-0.4, -0.2) is 33.6 Å². The summed E-state index contributed by atoms with van der Waals surface area (Å²) in [5, 5.41) is 3.41. The van der Waals surface area contributed by atoms with Crippen LogP contribution in [0.5, 0.6) is 5.75 Å². The standard InChI is InChI=1S/C14H21NO3S/c1-11(13-5-3-4-6-14(13)18-2)15-9-12-7-8-19(16,17)10-12/h3-6,11-12,15H,7-10H2,1-2H3. The summed E-state index contributed by atoms with van der Waals surface area (Å²) in [7, 11) is -1.12. The number of para-hydroxylation sites is 1. The predicted molar refractivity (Wildman–Crippen MR) is 76.2 cm³/mol. The Morgan fingerprint density at radius 3 is 2.79 bits per heavy atom. The molecule has 4 nitrogen and oxygen atoms in total. The molecule has 2 unspecified atom stereocenters. The van der Waals surface area contributed by atoms with E-state index in [1.807, 2.05) is 24.3 Å². The zero-order valence-electron chi connectivity index (χ0n) is 11.4. The van der Waals surface area contributed by atoms with Crippen LogP contribution in [0.1, 0.15) is 24.9 Å². The molecule has 1 aliphatic rings. The van der Waals surface area contributed by atoms with E-state index in [-0.39, 0.29) is 12.0 Å². The van der Waals surface area contributed by atoms with E-state index in [0.717, 1.165) is 24.3 Å². The van der Waals surface area contributed by atoms with Crippen molar-refractivity contribution >= 4 is 9.84 Å². The Bertz CT molecular complexity index is 527. The maximum atomic E-state index is 11.4. The third-order valence-corrected chi connectivity index (χ3v) is 5.48. The Morgan fingerprint density at radius 1 is 1.42 bits per heavy atom. The molecule has 1 heterocycles. The first-order chi connectivity index (χ1) is 9.02. The first-order valence-electron chi connectivity index (χ1n) is 6.58. The Balaban J connectivity index is 1.93. The zero-order chi connectivity index (χ0) is 13.9. The number of hydrogen-bond acceptors (Lipinski definition) is 4. The molecule has 1 aliphatic heterocycles. The van der Waals surface area contributed by atoms with E-state index < -0.39 is 9.84 Å². The summed E-state index contributed by atoms with van der Waals surface area (Å²) in [6.07, 6.45) is 0.772. The molecule has 0 bridgehead atoms. The third kappa shape index (κ3) is 3.70. The number of hydrogen-bond donors (Lipinski definition) is 1. The molecule has 0 saturated carbocycles. The van der Waals surface area contributed by atoms with Crippen molar-refractivity contribution in [3.63, 3.8) is 0 Å². The molecular formula is C14H21NO3S. The van der Waals surface area contributed by atoms with Crippen molar-refractivity contribution in [3.8, 4) is 5.75 Å². The Kier molecular flexibility index (Phi) is 4.47. The highest BCUT2D eigenvalue weighted by Crippen LogP contribution is 2.25. The summed E-state index contributed by atoms with van der Waals surface area (Å²) >= 11 is 0. The van der Waals surface area contributed by atoms with Gasteiger partial charge in [-0.1, -0.05) is 18.2 Å². The molecular weight excluding hydrogens is 262 g/mol. The maximum Gasteiger partial charge on any atom is 0.150 e. The molecule has 1 fully saturated rings. The highest BCUT2D eigenvalue weighted by molar-refractivity contribution is 7.91. The third-order valence-electron chi connectivity index (χ3n) is 3.64. The molecule has 2 rings (SSSR count). The second-order valence-electron chi connectivity index (χ2n) is 5.14. The van der Waals surface area contributed by atoms with Gasteiger partial charge in [0.1, 0.15) is 5.75 Å². The second-order valence-corrected chi connectivity index (χ2v) is 7.37. The average Bonchev–Trinajstić information content (AvgIpc) is 2.75. The summed E-state index contributed by atoms with van der Waals surface area (Å²) in [6, 6.07) is 8.05. The maximum absolute atomic E-state index is 11.4. The average molecular weight is 283 g/mol. The van der Waals surface area contributed by atoms with E-state index in [9.17, 15) is 8.42 Å². The summed E-state index contributed by atoms with van der Waals surface area (Å²) < 4.78 is 28.2. The smallest absolute Gasteiger partial charge is 0.150 e. The van der Waals surface area contributed by atoms with Crippen LogP contribution in [-0.2, 0) is 9.84 Å². The number of methoxy groups -OCH3 is 1. The van der Waals surface area contributed by atoms with Gasteiger partial charge in [-0.05, 0) is 31.9 Å². The van der Waals surface area contributed by atoms with Gasteiger partial charge < -0.3 is 10.1 Å². The van der Waals surface area contributed by atoms with Gasteiger partial charge in [0, 0.05) is 11.6 Å². The molecule has 0 amide bonds. The molecule has 1 saturated heterocycles. The quantitative estimate of drug-likeness (QED) is 0.895. The first kappa shape index (κ1) is 14.3. The van der Waals surface area contributed by atoms with Crippen molar-refractivity contribution < 1.29 is 13.2 Å². The fourth-order valence-electron chi connectivity index (χ4n) is 2.51. The molecule has 1 N–H and O–H groups in total. The number of rotatable bonds is 5. The molecule has 0 aliphatic carbocycles. The molecule has 5 heteroatoms. The van der Waals surface area contributed by atoms with E-state index in [2.05, 4.69) is 12.2 Å². The van der Waals surface area contributed by atoms with Gasteiger partial charge >= 0.3 is 0 Å². The van der Waals surface area contributed by atoms with Crippen molar-refractivity contribution in [2.45, 2.75) is 19.4 Å². The van der Waals surface area contributed by atoms with Gasteiger partial charge in [-0.3, -0.25) is 0 Å². The highest BCUT2D eigenvalue weighted by atomic mass is 32.2. The largest absolute Gasteiger partial charge is 0.496 e. The molecule has 0 spiro atoms. The van der Waals surface area contributed by atoms with Crippen molar-refractivity contribution in [3.05, 3.63) is 29.8 Å². The van der Waals surface area contributed by atoms with Crippen LogP contribution in [0.15, 0.2) is 24.3 Å². The molecule has 106 valence electrons. The fraction of sp³-hybridized carbons (Fsp3) is 0.571. The van der Waals surface area contributed by atoms with Crippen molar-refractivity contribution in [2.75, 3.05) is 25.2 Å². The number of sulfone groups is 1. The minimum atomic E-state index is -2.79. The van der Waals surface area contributed by atoms with E-state index in [1.165, 1.54) is 0 Å². The fourth-order valence-corrected chi connectivity index (χ4v) is 4.37. The number of ether oxygens (including phenoxy) is 1. The molecule has 0 radical (unpaired) electrons. The Hall–Kier alpha value is -1.07. The molecule has 1 aromatic carbocycles. The Morgan fingerprint density at radius 2 is 2.16 bits per heavy atom. The minimum absolute atomic E-state index is 0.152. The van der Waals surface area contributed by atoms with Crippen molar-refractivity contribution in [1.82, 2.24) is 5.32 Å². The lowest BCUT2D eigenvalue weighted by atomic mass is 10.1. The van der Waals surface area contributed by atoms with Gasteiger partial charge in [0.2, 0.25) is 0 Å². The van der Waals surface area contributed by atoms with Gasteiger partial charge in [0.05, 0.1) is 18.6 Å². The number of nitrogens with one attached hydrogen (secondary N) is 1. The van der Waals surface area contributed by atoms with Crippen LogP contribution in [0.2, 0.25) is 0 Å². The molecule has 0 aromatic heterocycles. The van der Waals surface area contributed by atoms with E-state index in [4.69, 9.17) is 4.74 Å². The summed E-state index contributed by atoms with van der Waals surface area (Å²) in [5.41, 5.74) is 1.10. The van der Waals surface area contributed by atoms with Gasteiger partial charge in [0.15, 0.2) is 9.84 Å². The lowest BCUT2D eigenvalue weighted by Gasteiger charge is -2.19. The monoisotopic (exact) mass is 283 g/mol. The summed E-state index contributed by atoms with van der Waals surface area (Å²) in [6.45, 7) is 2.81.